The molecule has 2 aliphatic rings. The molecule has 3 unspecified atom stereocenters. The normalized spacial score (nSPS) is 33.4. The molecule has 2 aliphatic heterocycles. The first-order chi connectivity index (χ1) is 9.03. The van der Waals surface area contributed by atoms with Crippen molar-refractivity contribution in [2.45, 2.75) is 45.8 Å². The van der Waals surface area contributed by atoms with Crippen molar-refractivity contribution >= 4 is 21.7 Å². The molecular formula is C13H20N2O4S. The molecule has 112 valence electrons. The van der Waals surface area contributed by atoms with Gasteiger partial charge in [0.2, 0.25) is 11.8 Å². The summed E-state index contributed by atoms with van der Waals surface area (Å²) in [6.45, 7) is 7.21. The van der Waals surface area contributed by atoms with Crippen LogP contribution in [0.5, 0.6) is 0 Å². The SMILES string of the molecule is CC1C(=O)NC(C(C)(C)C)C(=O)N1C1C=CS(=O)(=O)C1. The maximum Gasteiger partial charge on any atom is 0.246 e. The predicted octanol–water partition coefficient (Wildman–Crippen LogP) is 0.0587. The lowest BCUT2D eigenvalue weighted by Crippen LogP contribution is -2.67. The van der Waals surface area contributed by atoms with Gasteiger partial charge in [-0.05, 0) is 18.4 Å². The Hall–Kier alpha value is -1.37. The number of carbonyl (C=O) groups is 2. The number of nitrogens with one attached hydrogen (secondary N) is 1. The Kier molecular flexibility index (Phi) is 3.44. The minimum Gasteiger partial charge on any atom is -0.342 e. The van der Waals surface area contributed by atoms with E-state index in [1.54, 1.807) is 6.92 Å². The minimum absolute atomic E-state index is 0.146. The number of sulfone groups is 1. The molecule has 0 spiro atoms. The molecule has 2 rings (SSSR count). The average Bonchev–Trinajstić information content (AvgIpc) is 2.63. The fraction of sp³-hybridized carbons (Fsp3) is 0.692. The zero-order valence-corrected chi connectivity index (χ0v) is 12.9. The van der Waals surface area contributed by atoms with Gasteiger partial charge in [0.25, 0.3) is 0 Å². The van der Waals surface area contributed by atoms with Gasteiger partial charge in [0.05, 0.1) is 11.8 Å². The van der Waals surface area contributed by atoms with Crippen LogP contribution in [0.1, 0.15) is 27.7 Å². The number of hydrogen-bond acceptors (Lipinski definition) is 4. The van der Waals surface area contributed by atoms with E-state index in [-0.39, 0.29) is 17.6 Å². The third-order valence-electron chi connectivity index (χ3n) is 3.72. The zero-order chi connectivity index (χ0) is 15.3. The second-order valence-electron chi connectivity index (χ2n) is 6.45. The summed E-state index contributed by atoms with van der Waals surface area (Å²) < 4.78 is 23.1. The lowest BCUT2D eigenvalue weighted by molar-refractivity contribution is -0.152. The van der Waals surface area contributed by atoms with Gasteiger partial charge in [-0.2, -0.15) is 0 Å². The van der Waals surface area contributed by atoms with Gasteiger partial charge >= 0.3 is 0 Å². The van der Waals surface area contributed by atoms with Crippen molar-refractivity contribution in [3.8, 4) is 0 Å². The Bertz CT molecular complexity index is 574. The van der Waals surface area contributed by atoms with E-state index < -0.39 is 33.4 Å². The summed E-state index contributed by atoms with van der Waals surface area (Å²) in [7, 11) is -3.27. The topological polar surface area (TPSA) is 83.6 Å². The Morgan fingerprint density at radius 3 is 2.35 bits per heavy atom. The predicted molar refractivity (Wildman–Crippen MR) is 74.4 cm³/mol. The third kappa shape index (κ3) is 2.59. The van der Waals surface area contributed by atoms with Crippen LogP contribution in [-0.2, 0) is 19.4 Å². The van der Waals surface area contributed by atoms with Gasteiger partial charge in [-0.1, -0.05) is 20.8 Å². The van der Waals surface area contributed by atoms with Gasteiger partial charge in [0, 0.05) is 5.41 Å². The van der Waals surface area contributed by atoms with Crippen molar-refractivity contribution < 1.29 is 18.0 Å². The third-order valence-corrected chi connectivity index (χ3v) is 5.10. The van der Waals surface area contributed by atoms with Gasteiger partial charge in [-0.25, -0.2) is 8.42 Å². The smallest absolute Gasteiger partial charge is 0.246 e. The van der Waals surface area contributed by atoms with E-state index in [0.29, 0.717) is 0 Å². The number of rotatable bonds is 1. The van der Waals surface area contributed by atoms with Crippen LogP contribution in [-0.4, -0.2) is 49.0 Å². The van der Waals surface area contributed by atoms with Crippen LogP contribution in [0.15, 0.2) is 11.5 Å². The van der Waals surface area contributed by atoms with E-state index in [2.05, 4.69) is 5.32 Å². The Morgan fingerprint density at radius 2 is 1.90 bits per heavy atom. The van der Waals surface area contributed by atoms with E-state index in [9.17, 15) is 18.0 Å². The minimum atomic E-state index is -3.27. The Labute approximate surface area is 119 Å². The van der Waals surface area contributed by atoms with Crippen molar-refractivity contribution in [3.63, 3.8) is 0 Å². The van der Waals surface area contributed by atoms with Gasteiger partial charge < -0.3 is 10.2 Å². The van der Waals surface area contributed by atoms with Gasteiger partial charge in [-0.3, -0.25) is 9.59 Å². The molecule has 7 heteroatoms. The fourth-order valence-electron chi connectivity index (χ4n) is 2.56. The highest BCUT2D eigenvalue weighted by Crippen LogP contribution is 2.28. The molecule has 0 aromatic rings. The lowest BCUT2D eigenvalue weighted by Gasteiger charge is -2.44. The summed E-state index contributed by atoms with van der Waals surface area (Å²) in [5.74, 6) is -0.619. The van der Waals surface area contributed by atoms with E-state index in [4.69, 9.17) is 0 Å². The van der Waals surface area contributed by atoms with Crippen LogP contribution in [0.3, 0.4) is 0 Å². The van der Waals surface area contributed by atoms with Crippen LogP contribution in [0, 0.1) is 5.41 Å². The van der Waals surface area contributed by atoms with Gasteiger partial charge in [0.15, 0.2) is 9.84 Å². The first-order valence-corrected chi connectivity index (χ1v) is 8.28. The number of piperazine rings is 1. The van der Waals surface area contributed by atoms with Crippen molar-refractivity contribution in [3.05, 3.63) is 11.5 Å². The molecular weight excluding hydrogens is 280 g/mol. The molecule has 1 saturated heterocycles. The molecule has 0 aliphatic carbocycles. The summed E-state index contributed by atoms with van der Waals surface area (Å²) >= 11 is 0. The number of nitrogens with zero attached hydrogens (tertiary/aromatic N) is 1. The van der Waals surface area contributed by atoms with E-state index in [1.165, 1.54) is 11.0 Å². The zero-order valence-electron chi connectivity index (χ0n) is 12.1. The van der Waals surface area contributed by atoms with E-state index in [1.807, 2.05) is 20.8 Å². The van der Waals surface area contributed by atoms with Crippen LogP contribution >= 0.6 is 0 Å². The second-order valence-corrected chi connectivity index (χ2v) is 8.39. The summed E-state index contributed by atoms with van der Waals surface area (Å²) in [4.78, 5) is 26.1. The van der Waals surface area contributed by atoms with Gasteiger partial charge in [-0.15, -0.1) is 0 Å². The molecule has 0 radical (unpaired) electrons. The highest BCUT2D eigenvalue weighted by atomic mass is 32.2. The average molecular weight is 300 g/mol. The van der Waals surface area contributed by atoms with Crippen molar-refractivity contribution in [1.29, 1.82) is 0 Å². The van der Waals surface area contributed by atoms with Crippen molar-refractivity contribution in [1.82, 2.24) is 10.2 Å². The second kappa shape index (κ2) is 4.58. The number of amides is 2. The summed E-state index contributed by atoms with van der Waals surface area (Å²) in [6.07, 6.45) is 1.49. The maximum atomic E-state index is 12.6. The summed E-state index contributed by atoms with van der Waals surface area (Å²) in [6, 6.07) is -1.86. The van der Waals surface area contributed by atoms with Crippen LogP contribution in [0.25, 0.3) is 0 Å². The highest BCUT2D eigenvalue weighted by Gasteiger charge is 2.46. The molecule has 2 heterocycles. The number of carbonyl (C=O) groups excluding carboxylic acids is 2. The van der Waals surface area contributed by atoms with Crippen LogP contribution in [0.4, 0.5) is 0 Å². The molecule has 0 saturated carbocycles. The summed E-state index contributed by atoms with van der Waals surface area (Å²) in [5, 5.41) is 3.85. The first kappa shape index (κ1) is 15.0. The first-order valence-electron chi connectivity index (χ1n) is 6.56. The molecule has 1 N–H and O–H groups in total. The standard InChI is InChI=1S/C13H20N2O4S/c1-8-11(16)14-10(13(2,3)4)12(17)15(8)9-5-6-20(18,19)7-9/h5-6,8-10H,7H2,1-4H3,(H,14,16). The molecule has 6 nitrogen and oxygen atoms in total. The van der Waals surface area contributed by atoms with E-state index >= 15 is 0 Å². The van der Waals surface area contributed by atoms with Crippen molar-refractivity contribution in [2.24, 2.45) is 5.41 Å². The monoisotopic (exact) mass is 300 g/mol. The van der Waals surface area contributed by atoms with Gasteiger partial charge in [0.1, 0.15) is 12.1 Å². The molecule has 0 bridgehead atoms. The number of hydrogen-bond donors (Lipinski definition) is 1. The van der Waals surface area contributed by atoms with Crippen LogP contribution in [0.2, 0.25) is 0 Å². The van der Waals surface area contributed by atoms with E-state index in [0.717, 1.165) is 5.41 Å². The molecule has 2 amide bonds. The largest absolute Gasteiger partial charge is 0.342 e. The molecule has 0 aromatic carbocycles. The summed E-state index contributed by atoms with van der Waals surface area (Å²) in [5.41, 5.74) is -0.424. The maximum absolute atomic E-state index is 12.6. The quantitative estimate of drug-likeness (QED) is 0.742. The lowest BCUT2D eigenvalue weighted by atomic mass is 9.83. The Balaban J connectivity index is 2.33. The molecule has 3 atom stereocenters. The molecule has 0 aromatic heterocycles. The Morgan fingerprint density at radius 1 is 1.30 bits per heavy atom. The molecule has 20 heavy (non-hydrogen) atoms. The fourth-order valence-corrected chi connectivity index (χ4v) is 3.84. The van der Waals surface area contributed by atoms with Crippen LogP contribution < -0.4 is 5.32 Å². The highest BCUT2D eigenvalue weighted by molar-refractivity contribution is 7.94. The van der Waals surface area contributed by atoms with Crippen molar-refractivity contribution in [2.75, 3.05) is 5.75 Å². The molecule has 1 fully saturated rings.